The first kappa shape index (κ1) is 20.9. The van der Waals surface area contributed by atoms with Crippen molar-refractivity contribution in [2.24, 2.45) is 5.73 Å². The monoisotopic (exact) mass is 417 g/mol. The fourth-order valence-electron chi connectivity index (χ4n) is 3.85. The largest absolute Gasteiger partial charge is 0.420 e. The Labute approximate surface area is 167 Å². The van der Waals surface area contributed by atoms with Crippen LogP contribution < -0.4 is 5.73 Å². The molecule has 28 heavy (non-hydrogen) atoms. The van der Waals surface area contributed by atoms with Crippen molar-refractivity contribution < 1.29 is 27.6 Å². The summed E-state index contributed by atoms with van der Waals surface area (Å²) in [5, 5.41) is -0.346. The Kier molecular flexibility index (Phi) is 6.18. The Morgan fingerprint density at radius 3 is 2.64 bits per heavy atom. The van der Waals surface area contributed by atoms with Crippen LogP contribution in [0.25, 0.3) is 0 Å². The summed E-state index contributed by atoms with van der Waals surface area (Å²) in [5.41, 5.74) is 5.79. The number of likely N-dealkylation sites (N-methyl/N-ethyl adjacent to an activating group) is 1. The maximum absolute atomic E-state index is 13.9. The predicted octanol–water partition coefficient (Wildman–Crippen LogP) is 1.19. The van der Waals surface area contributed by atoms with E-state index in [-0.39, 0.29) is 28.6 Å². The van der Waals surface area contributed by atoms with Gasteiger partial charge < -0.3 is 10.5 Å². The summed E-state index contributed by atoms with van der Waals surface area (Å²) >= 11 is 6.00. The molecule has 0 saturated carbocycles. The van der Waals surface area contributed by atoms with E-state index in [0.717, 1.165) is 19.2 Å². The molecule has 1 aromatic rings. The third-order valence-electron chi connectivity index (χ3n) is 5.56. The molecule has 2 aliphatic rings. The van der Waals surface area contributed by atoms with Crippen molar-refractivity contribution in [3.63, 3.8) is 0 Å². The number of urea groups is 1. The number of primary amides is 1. The minimum atomic E-state index is -1.14. The van der Waals surface area contributed by atoms with Gasteiger partial charge in [-0.25, -0.2) is 18.1 Å². The maximum atomic E-state index is 13.9. The smallest absolute Gasteiger partial charge is 0.379 e. The van der Waals surface area contributed by atoms with Crippen molar-refractivity contribution in [1.29, 1.82) is 0 Å². The summed E-state index contributed by atoms with van der Waals surface area (Å²) in [6, 6.07) is 1.31. The molecule has 2 heterocycles. The summed E-state index contributed by atoms with van der Waals surface area (Å²) in [7, 11) is 1.53. The molecule has 2 aliphatic heterocycles. The summed E-state index contributed by atoms with van der Waals surface area (Å²) < 4.78 is 32.6. The van der Waals surface area contributed by atoms with Gasteiger partial charge in [0.05, 0.1) is 18.2 Å². The summed E-state index contributed by atoms with van der Waals surface area (Å²) in [6.07, 6.45) is 0. The molecule has 0 aliphatic carbocycles. The van der Waals surface area contributed by atoms with Crippen LogP contribution in [-0.2, 0) is 16.1 Å². The zero-order chi connectivity index (χ0) is 20.5. The Bertz CT molecular complexity index is 775. The van der Waals surface area contributed by atoms with Crippen LogP contribution in [0.4, 0.5) is 13.6 Å². The molecule has 2 unspecified atom stereocenters. The average Bonchev–Trinajstić information content (AvgIpc) is 2.93. The van der Waals surface area contributed by atoms with E-state index >= 15 is 0 Å². The molecule has 2 atom stereocenters. The van der Waals surface area contributed by atoms with Crippen LogP contribution in [0.15, 0.2) is 12.1 Å². The average molecular weight is 418 g/mol. The number of halogens is 3. The molecule has 2 saturated heterocycles. The van der Waals surface area contributed by atoms with E-state index in [1.807, 2.05) is 0 Å². The molecule has 0 aromatic heterocycles. The summed E-state index contributed by atoms with van der Waals surface area (Å²) in [4.78, 5) is 28.4. The van der Waals surface area contributed by atoms with Crippen molar-refractivity contribution >= 4 is 23.5 Å². The van der Waals surface area contributed by atoms with Gasteiger partial charge in [0.25, 0.3) is 0 Å². The van der Waals surface area contributed by atoms with E-state index in [4.69, 9.17) is 22.1 Å². The van der Waals surface area contributed by atoms with Crippen molar-refractivity contribution in [2.45, 2.75) is 12.6 Å². The van der Waals surface area contributed by atoms with E-state index in [1.54, 1.807) is 0 Å². The van der Waals surface area contributed by atoms with Gasteiger partial charge in [-0.1, -0.05) is 11.6 Å². The Morgan fingerprint density at radius 2 is 2.04 bits per heavy atom. The first-order chi connectivity index (χ1) is 13.2. The van der Waals surface area contributed by atoms with Gasteiger partial charge in [-0.15, -0.1) is 0 Å². The summed E-state index contributed by atoms with van der Waals surface area (Å²) in [5.74, 6) is -2.79. The third kappa shape index (κ3) is 3.98. The molecule has 2 N–H and O–H groups in total. The van der Waals surface area contributed by atoms with Gasteiger partial charge in [-0.05, 0) is 12.1 Å². The Morgan fingerprint density at radius 1 is 1.36 bits per heavy atom. The van der Waals surface area contributed by atoms with Crippen molar-refractivity contribution in [2.75, 3.05) is 53.0 Å². The number of ether oxygens (including phenoxy) is 1. The van der Waals surface area contributed by atoms with Crippen molar-refractivity contribution in [3.05, 3.63) is 34.4 Å². The second-order valence-electron chi connectivity index (χ2n) is 7.31. The molecular formula is C18H24ClF2N4O3+. The highest BCUT2D eigenvalue weighted by molar-refractivity contribution is 6.31. The van der Waals surface area contributed by atoms with Gasteiger partial charge in [0.15, 0.2) is 17.7 Å². The zero-order valence-corrected chi connectivity index (χ0v) is 16.4. The van der Waals surface area contributed by atoms with Gasteiger partial charge in [-0.2, -0.15) is 0 Å². The number of hydrogen-bond acceptors (Lipinski definition) is 4. The highest BCUT2D eigenvalue weighted by Gasteiger charge is 2.53. The van der Waals surface area contributed by atoms with E-state index in [2.05, 4.69) is 4.90 Å². The number of nitrogens with two attached hydrogens (primary N) is 1. The zero-order valence-electron chi connectivity index (χ0n) is 15.7. The van der Waals surface area contributed by atoms with Crippen LogP contribution in [0.3, 0.4) is 0 Å². The number of carbonyl (C=O) groups is 2. The molecule has 7 nitrogen and oxygen atoms in total. The maximum Gasteiger partial charge on any atom is 0.420 e. The van der Waals surface area contributed by atoms with Gasteiger partial charge in [-0.3, -0.25) is 14.6 Å². The van der Waals surface area contributed by atoms with Crippen LogP contribution in [0.5, 0.6) is 0 Å². The topological polar surface area (TPSA) is 75.9 Å². The second-order valence-corrected chi connectivity index (χ2v) is 7.69. The van der Waals surface area contributed by atoms with Crippen LogP contribution in [0.2, 0.25) is 5.02 Å². The van der Waals surface area contributed by atoms with Crippen molar-refractivity contribution in [1.82, 2.24) is 9.80 Å². The SMILES string of the molecule is CN1C(=O)[N+](CCN2CCOCC2)(Cc2ccc(F)c(F)c2Cl)CC1C(N)=O. The molecule has 154 valence electrons. The molecule has 2 fully saturated rings. The third-order valence-corrected chi connectivity index (χ3v) is 5.97. The fraction of sp³-hybridized carbons (Fsp3) is 0.556. The highest BCUT2D eigenvalue weighted by Crippen LogP contribution is 2.31. The van der Waals surface area contributed by atoms with Gasteiger partial charge in [0.2, 0.25) is 5.91 Å². The number of benzene rings is 1. The minimum absolute atomic E-state index is 0.0489. The van der Waals surface area contributed by atoms with Crippen molar-refractivity contribution in [3.8, 4) is 0 Å². The number of carbonyl (C=O) groups excluding carboxylic acids is 2. The van der Waals surface area contributed by atoms with Gasteiger partial charge >= 0.3 is 6.03 Å². The predicted molar refractivity (Wildman–Crippen MR) is 98.5 cm³/mol. The van der Waals surface area contributed by atoms with Crippen LogP contribution in [0, 0.1) is 11.6 Å². The minimum Gasteiger partial charge on any atom is -0.379 e. The molecule has 0 spiro atoms. The van der Waals surface area contributed by atoms with E-state index < -0.39 is 23.6 Å². The van der Waals surface area contributed by atoms with Crippen LogP contribution in [0.1, 0.15) is 5.56 Å². The Balaban J connectivity index is 1.89. The van der Waals surface area contributed by atoms with E-state index in [1.165, 1.54) is 18.0 Å². The van der Waals surface area contributed by atoms with E-state index in [0.29, 0.717) is 31.9 Å². The summed E-state index contributed by atoms with van der Waals surface area (Å²) in [6.45, 7) is 3.92. The Hall–Kier alpha value is -1.81. The normalized spacial score (nSPS) is 26.1. The molecule has 1 aromatic carbocycles. The lowest BCUT2D eigenvalue weighted by atomic mass is 10.1. The fourth-order valence-corrected chi connectivity index (χ4v) is 4.06. The van der Waals surface area contributed by atoms with E-state index in [9.17, 15) is 18.4 Å². The number of amides is 3. The lowest BCUT2D eigenvalue weighted by Crippen LogP contribution is -2.54. The van der Waals surface area contributed by atoms with Crippen LogP contribution in [-0.4, -0.2) is 85.2 Å². The number of morpholine rings is 1. The highest BCUT2D eigenvalue weighted by atomic mass is 35.5. The standard InChI is InChI=1S/C18H23ClF2N4O3/c1-23-14(17(22)26)11-25(18(23)27,7-4-24-5-8-28-9-6-24)10-12-2-3-13(20)16(21)15(12)19/h2-3,14H,4-11H2,1H3,(H-,22,26)/p+1. The van der Waals surface area contributed by atoms with Gasteiger partial charge in [0, 0.05) is 32.2 Å². The quantitative estimate of drug-likeness (QED) is 0.557. The number of quaternary nitrogens is 1. The molecule has 3 rings (SSSR count). The molecular weight excluding hydrogens is 394 g/mol. The van der Waals surface area contributed by atoms with Crippen LogP contribution >= 0.6 is 11.6 Å². The first-order valence-electron chi connectivity index (χ1n) is 9.10. The molecule has 0 radical (unpaired) electrons. The van der Waals surface area contributed by atoms with Gasteiger partial charge in [0.1, 0.15) is 19.6 Å². The number of hydrogen-bond donors (Lipinski definition) is 1. The lowest BCUT2D eigenvalue weighted by Gasteiger charge is -2.34. The second kappa shape index (κ2) is 8.28. The molecule has 3 amide bonds. The molecule has 0 bridgehead atoms. The number of rotatable bonds is 6. The number of nitrogens with zero attached hydrogens (tertiary/aromatic N) is 3. The first-order valence-corrected chi connectivity index (χ1v) is 9.48. The molecule has 10 heteroatoms. The lowest BCUT2D eigenvalue weighted by molar-refractivity contribution is -0.855.